The van der Waals surface area contributed by atoms with Gasteiger partial charge in [-0.25, -0.2) is 9.97 Å². The Morgan fingerprint density at radius 3 is 2.56 bits per heavy atom. The molecule has 0 bridgehead atoms. The number of nitrogens with zero attached hydrogens (tertiary/aromatic N) is 2. The SMILES string of the molecule is CCc1nc(NC)cc(-c2ccc(Cl)cc2Cl)n1. The van der Waals surface area contributed by atoms with Crippen LogP contribution in [-0.2, 0) is 6.42 Å². The van der Waals surface area contributed by atoms with Crippen LogP contribution in [0.3, 0.4) is 0 Å². The summed E-state index contributed by atoms with van der Waals surface area (Å²) < 4.78 is 0. The molecule has 0 aliphatic carbocycles. The molecule has 3 nitrogen and oxygen atoms in total. The van der Waals surface area contributed by atoms with E-state index in [9.17, 15) is 0 Å². The molecule has 1 aromatic carbocycles. The van der Waals surface area contributed by atoms with Crippen molar-refractivity contribution in [1.29, 1.82) is 0 Å². The number of halogens is 2. The summed E-state index contributed by atoms with van der Waals surface area (Å²) in [6.07, 6.45) is 0.772. The number of aromatic nitrogens is 2. The van der Waals surface area contributed by atoms with Gasteiger partial charge in [-0.1, -0.05) is 30.1 Å². The van der Waals surface area contributed by atoms with Gasteiger partial charge in [0.1, 0.15) is 11.6 Å². The Morgan fingerprint density at radius 1 is 1.17 bits per heavy atom. The maximum Gasteiger partial charge on any atom is 0.131 e. The lowest BCUT2D eigenvalue weighted by atomic mass is 10.1. The predicted molar refractivity (Wildman–Crippen MR) is 76.4 cm³/mol. The fourth-order valence-electron chi connectivity index (χ4n) is 1.62. The van der Waals surface area contributed by atoms with Crippen molar-refractivity contribution in [3.63, 3.8) is 0 Å². The molecule has 0 amide bonds. The first-order chi connectivity index (χ1) is 8.63. The smallest absolute Gasteiger partial charge is 0.131 e. The van der Waals surface area contributed by atoms with Gasteiger partial charge in [-0.05, 0) is 18.2 Å². The molecule has 94 valence electrons. The minimum absolute atomic E-state index is 0.588. The fourth-order valence-corrected chi connectivity index (χ4v) is 2.12. The molecule has 0 atom stereocenters. The highest BCUT2D eigenvalue weighted by Crippen LogP contribution is 2.30. The molecule has 2 aromatic rings. The fraction of sp³-hybridized carbons (Fsp3) is 0.231. The molecule has 0 spiro atoms. The largest absolute Gasteiger partial charge is 0.373 e. The minimum atomic E-state index is 0.588. The van der Waals surface area contributed by atoms with Crippen LogP contribution in [0.4, 0.5) is 5.82 Å². The van der Waals surface area contributed by atoms with Crippen LogP contribution in [0.25, 0.3) is 11.3 Å². The summed E-state index contributed by atoms with van der Waals surface area (Å²) in [6.45, 7) is 2.02. The van der Waals surface area contributed by atoms with Crippen LogP contribution in [0.15, 0.2) is 24.3 Å². The van der Waals surface area contributed by atoms with Crippen molar-refractivity contribution in [2.45, 2.75) is 13.3 Å². The van der Waals surface area contributed by atoms with Gasteiger partial charge in [0.15, 0.2) is 0 Å². The van der Waals surface area contributed by atoms with Crippen molar-refractivity contribution in [3.05, 3.63) is 40.1 Å². The van der Waals surface area contributed by atoms with Crippen LogP contribution >= 0.6 is 23.2 Å². The second-order valence-electron chi connectivity index (χ2n) is 3.78. The summed E-state index contributed by atoms with van der Waals surface area (Å²) >= 11 is 12.1. The number of hydrogen-bond donors (Lipinski definition) is 1. The minimum Gasteiger partial charge on any atom is -0.373 e. The first-order valence-corrected chi connectivity index (χ1v) is 6.40. The molecule has 0 radical (unpaired) electrons. The van der Waals surface area contributed by atoms with Crippen LogP contribution < -0.4 is 5.32 Å². The zero-order valence-electron chi connectivity index (χ0n) is 10.2. The molecular weight excluding hydrogens is 269 g/mol. The van der Waals surface area contributed by atoms with E-state index in [1.165, 1.54) is 0 Å². The van der Waals surface area contributed by atoms with Gasteiger partial charge in [-0.15, -0.1) is 0 Å². The molecular formula is C13H13Cl2N3. The van der Waals surface area contributed by atoms with E-state index in [2.05, 4.69) is 15.3 Å². The van der Waals surface area contributed by atoms with E-state index in [0.717, 1.165) is 29.3 Å². The third-order valence-electron chi connectivity index (χ3n) is 2.55. The van der Waals surface area contributed by atoms with E-state index < -0.39 is 0 Å². The van der Waals surface area contributed by atoms with Gasteiger partial charge in [0.05, 0.1) is 10.7 Å². The van der Waals surface area contributed by atoms with Gasteiger partial charge >= 0.3 is 0 Å². The highest BCUT2D eigenvalue weighted by atomic mass is 35.5. The molecule has 0 fully saturated rings. The summed E-state index contributed by atoms with van der Waals surface area (Å²) in [6, 6.07) is 7.25. The molecule has 1 heterocycles. The van der Waals surface area contributed by atoms with Crippen LogP contribution in [-0.4, -0.2) is 17.0 Å². The summed E-state index contributed by atoms with van der Waals surface area (Å²) in [5.41, 5.74) is 1.66. The Kier molecular flexibility index (Phi) is 4.04. The van der Waals surface area contributed by atoms with E-state index >= 15 is 0 Å². The van der Waals surface area contributed by atoms with Crippen LogP contribution in [0.1, 0.15) is 12.7 Å². The lowest BCUT2D eigenvalue weighted by Gasteiger charge is -2.08. The Labute approximate surface area is 116 Å². The van der Waals surface area contributed by atoms with Gasteiger partial charge in [0.2, 0.25) is 0 Å². The first kappa shape index (κ1) is 13.1. The summed E-state index contributed by atoms with van der Waals surface area (Å²) in [5.74, 6) is 1.56. The van der Waals surface area contributed by atoms with Crippen LogP contribution in [0.5, 0.6) is 0 Å². The predicted octanol–water partition coefficient (Wildman–Crippen LogP) is 4.05. The summed E-state index contributed by atoms with van der Waals surface area (Å²) in [4.78, 5) is 8.83. The molecule has 0 saturated heterocycles. The van der Waals surface area contributed by atoms with Gasteiger partial charge in [-0.2, -0.15) is 0 Å². The van der Waals surface area contributed by atoms with E-state index in [4.69, 9.17) is 23.2 Å². The Morgan fingerprint density at radius 2 is 1.94 bits per heavy atom. The summed E-state index contributed by atoms with van der Waals surface area (Å²) in [7, 11) is 1.83. The quantitative estimate of drug-likeness (QED) is 0.922. The lowest BCUT2D eigenvalue weighted by Crippen LogP contribution is -2.00. The average molecular weight is 282 g/mol. The maximum absolute atomic E-state index is 6.19. The summed E-state index contributed by atoms with van der Waals surface area (Å²) in [5, 5.41) is 4.22. The van der Waals surface area contributed by atoms with Gasteiger partial charge < -0.3 is 5.32 Å². The van der Waals surface area contributed by atoms with E-state index in [-0.39, 0.29) is 0 Å². The van der Waals surface area contributed by atoms with Crippen molar-refractivity contribution in [2.24, 2.45) is 0 Å². The second kappa shape index (κ2) is 5.55. The molecule has 5 heteroatoms. The molecule has 1 N–H and O–H groups in total. The molecule has 1 aromatic heterocycles. The number of hydrogen-bond acceptors (Lipinski definition) is 3. The standard InChI is InChI=1S/C13H13Cl2N3/c1-3-12-17-11(7-13(16-2)18-12)9-5-4-8(14)6-10(9)15/h4-7H,3H2,1-2H3,(H,16,17,18). The molecule has 0 saturated carbocycles. The van der Waals surface area contributed by atoms with Crippen LogP contribution in [0, 0.1) is 0 Å². The van der Waals surface area contributed by atoms with Crippen molar-refractivity contribution in [2.75, 3.05) is 12.4 Å². The molecule has 18 heavy (non-hydrogen) atoms. The first-order valence-electron chi connectivity index (χ1n) is 5.65. The normalized spacial score (nSPS) is 10.4. The Balaban J connectivity index is 2.55. The van der Waals surface area contributed by atoms with Gasteiger partial charge in [-0.3, -0.25) is 0 Å². The topological polar surface area (TPSA) is 37.8 Å². The molecule has 0 aliphatic rings. The van der Waals surface area contributed by atoms with Crippen molar-refractivity contribution in [1.82, 2.24) is 9.97 Å². The average Bonchev–Trinajstić information content (AvgIpc) is 2.38. The monoisotopic (exact) mass is 281 g/mol. The number of aryl methyl sites for hydroxylation is 1. The maximum atomic E-state index is 6.19. The number of nitrogens with one attached hydrogen (secondary N) is 1. The van der Waals surface area contributed by atoms with Crippen molar-refractivity contribution >= 4 is 29.0 Å². The zero-order chi connectivity index (χ0) is 13.1. The number of benzene rings is 1. The van der Waals surface area contributed by atoms with E-state index in [1.54, 1.807) is 12.1 Å². The third kappa shape index (κ3) is 2.74. The highest BCUT2D eigenvalue weighted by Gasteiger charge is 2.09. The van der Waals surface area contributed by atoms with Crippen molar-refractivity contribution in [3.8, 4) is 11.3 Å². The molecule has 0 aliphatic heterocycles. The molecule has 2 rings (SSSR count). The number of anilines is 1. The second-order valence-corrected chi connectivity index (χ2v) is 4.63. The van der Waals surface area contributed by atoms with Crippen LogP contribution in [0.2, 0.25) is 10.0 Å². The number of rotatable bonds is 3. The van der Waals surface area contributed by atoms with Gasteiger partial charge in [0.25, 0.3) is 0 Å². The third-order valence-corrected chi connectivity index (χ3v) is 3.10. The Hall–Kier alpha value is -1.32. The molecule has 0 unspecified atom stereocenters. The zero-order valence-corrected chi connectivity index (χ0v) is 11.7. The Bertz CT molecular complexity index is 548. The highest BCUT2D eigenvalue weighted by molar-refractivity contribution is 6.36. The van der Waals surface area contributed by atoms with Gasteiger partial charge in [0, 0.05) is 30.1 Å². The van der Waals surface area contributed by atoms with E-state index in [0.29, 0.717) is 10.0 Å². The lowest BCUT2D eigenvalue weighted by molar-refractivity contribution is 0.945. The van der Waals surface area contributed by atoms with Crippen molar-refractivity contribution < 1.29 is 0 Å². The van der Waals surface area contributed by atoms with E-state index in [1.807, 2.05) is 26.1 Å².